The van der Waals surface area contributed by atoms with E-state index in [1.54, 1.807) is 0 Å². The molecule has 0 radical (unpaired) electrons. The van der Waals surface area contributed by atoms with Crippen LogP contribution in [0.2, 0.25) is 0 Å². The maximum atomic E-state index is 11.8. The summed E-state index contributed by atoms with van der Waals surface area (Å²) >= 11 is 1.12. The van der Waals surface area contributed by atoms with Crippen LogP contribution >= 0.6 is 11.5 Å². The number of aromatic nitrogens is 2. The first-order valence-electron chi connectivity index (χ1n) is 5.94. The molecule has 1 heterocycles. The minimum atomic E-state index is -0.158. The van der Waals surface area contributed by atoms with Crippen LogP contribution in [0.1, 0.15) is 27.9 Å². The first kappa shape index (κ1) is 13.2. The molecule has 19 heavy (non-hydrogen) atoms. The van der Waals surface area contributed by atoms with E-state index in [9.17, 15) is 4.79 Å². The molecule has 1 amide bonds. The molecule has 1 aromatic carbocycles. The zero-order valence-electron chi connectivity index (χ0n) is 10.5. The molecule has 0 spiro atoms. The quantitative estimate of drug-likeness (QED) is 0.867. The van der Waals surface area contributed by atoms with Crippen LogP contribution in [-0.4, -0.2) is 22.0 Å². The Labute approximate surface area is 116 Å². The van der Waals surface area contributed by atoms with Crippen molar-refractivity contribution < 1.29 is 4.79 Å². The van der Waals surface area contributed by atoms with E-state index in [1.165, 1.54) is 0 Å². The van der Waals surface area contributed by atoms with Crippen LogP contribution in [0.25, 0.3) is 0 Å². The molecule has 1 aromatic heterocycles. The molecule has 2 aromatic rings. The normalized spacial score (nSPS) is 9.53. The predicted octanol–water partition coefficient (Wildman–Crippen LogP) is 1.88. The lowest BCUT2D eigenvalue weighted by Crippen LogP contribution is -2.23. The lowest BCUT2D eigenvalue weighted by atomic mass is 10.2. The van der Waals surface area contributed by atoms with Crippen LogP contribution in [0.4, 0.5) is 0 Å². The largest absolute Gasteiger partial charge is 0.340 e. The van der Waals surface area contributed by atoms with Crippen molar-refractivity contribution in [1.29, 1.82) is 0 Å². The number of amides is 1. The Morgan fingerprint density at radius 2 is 2.16 bits per heavy atom. The minimum absolute atomic E-state index is 0.158. The fraction of sp³-hybridized carbons (Fsp3) is 0.214. The van der Waals surface area contributed by atoms with Crippen molar-refractivity contribution in [2.24, 2.45) is 0 Å². The third-order valence-corrected chi connectivity index (χ3v) is 3.21. The van der Waals surface area contributed by atoms with E-state index in [1.807, 2.05) is 37.3 Å². The van der Waals surface area contributed by atoms with Crippen LogP contribution in [0, 0.1) is 11.8 Å². The lowest BCUT2D eigenvalue weighted by Gasteiger charge is -1.98. The fourth-order valence-electron chi connectivity index (χ4n) is 1.48. The monoisotopic (exact) mass is 271 g/mol. The van der Waals surface area contributed by atoms with Crippen molar-refractivity contribution in [2.75, 3.05) is 6.54 Å². The van der Waals surface area contributed by atoms with Crippen LogP contribution in [0.15, 0.2) is 30.3 Å². The zero-order chi connectivity index (χ0) is 13.5. The van der Waals surface area contributed by atoms with Crippen molar-refractivity contribution in [1.82, 2.24) is 14.9 Å². The number of hydrogen-bond donors (Lipinski definition) is 1. The molecule has 4 nitrogen and oxygen atoms in total. The minimum Gasteiger partial charge on any atom is -0.340 e. The summed E-state index contributed by atoms with van der Waals surface area (Å²) in [5.74, 6) is 5.74. The Morgan fingerprint density at radius 3 is 2.89 bits per heavy atom. The number of rotatable bonds is 3. The van der Waals surface area contributed by atoms with E-state index >= 15 is 0 Å². The smallest absolute Gasteiger partial charge is 0.265 e. The topological polar surface area (TPSA) is 54.9 Å². The van der Waals surface area contributed by atoms with Gasteiger partial charge in [0.25, 0.3) is 5.91 Å². The molecule has 0 bridgehead atoms. The molecule has 0 unspecified atom stereocenters. The van der Waals surface area contributed by atoms with Gasteiger partial charge < -0.3 is 5.32 Å². The number of carbonyl (C=O) groups is 1. The van der Waals surface area contributed by atoms with Gasteiger partial charge in [0.05, 0.1) is 12.2 Å². The van der Waals surface area contributed by atoms with E-state index in [2.05, 4.69) is 26.7 Å². The molecule has 0 aliphatic carbocycles. The van der Waals surface area contributed by atoms with E-state index in [0.717, 1.165) is 22.8 Å². The highest BCUT2D eigenvalue weighted by molar-refractivity contribution is 7.08. The van der Waals surface area contributed by atoms with E-state index in [-0.39, 0.29) is 5.91 Å². The summed E-state index contributed by atoms with van der Waals surface area (Å²) in [5.41, 5.74) is 1.67. The van der Waals surface area contributed by atoms with Gasteiger partial charge in [0, 0.05) is 5.56 Å². The molecule has 96 valence electrons. The van der Waals surface area contributed by atoms with Gasteiger partial charge >= 0.3 is 0 Å². The highest BCUT2D eigenvalue weighted by Crippen LogP contribution is 2.10. The van der Waals surface area contributed by atoms with E-state index in [0.29, 0.717) is 17.8 Å². The van der Waals surface area contributed by atoms with Crippen molar-refractivity contribution in [3.8, 4) is 11.8 Å². The van der Waals surface area contributed by atoms with Gasteiger partial charge in [0.2, 0.25) is 0 Å². The van der Waals surface area contributed by atoms with E-state index in [4.69, 9.17) is 0 Å². The van der Waals surface area contributed by atoms with E-state index < -0.39 is 0 Å². The number of carbonyl (C=O) groups excluding carboxylic acids is 1. The molecule has 0 saturated carbocycles. The van der Waals surface area contributed by atoms with Crippen molar-refractivity contribution in [3.63, 3.8) is 0 Å². The summed E-state index contributed by atoms with van der Waals surface area (Å²) in [7, 11) is 0. The summed E-state index contributed by atoms with van der Waals surface area (Å²) in [4.78, 5) is 12.4. The molecular weight excluding hydrogens is 258 g/mol. The van der Waals surface area contributed by atoms with Crippen molar-refractivity contribution >= 4 is 17.4 Å². The van der Waals surface area contributed by atoms with Crippen LogP contribution in [-0.2, 0) is 6.42 Å². The van der Waals surface area contributed by atoms with Gasteiger partial charge in [0.15, 0.2) is 0 Å². The highest BCUT2D eigenvalue weighted by atomic mass is 32.1. The molecule has 0 fully saturated rings. The number of hydrogen-bond acceptors (Lipinski definition) is 4. The van der Waals surface area contributed by atoms with Gasteiger partial charge in [-0.3, -0.25) is 4.79 Å². The standard InChI is InChI=1S/C14H13N3OS/c1-2-12-13(19-17-16-12)14(18)15-10-6-9-11-7-4-3-5-8-11/h3-5,7-8H,2,10H2,1H3,(H,15,18). The summed E-state index contributed by atoms with van der Waals surface area (Å²) in [6.45, 7) is 2.26. The second-order valence-corrected chi connectivity index (χ2v) is 4.51. The Morgan fingerprint density at radius 1 is 1.37 bits per heavy atom. The van der Waals surface area contributed by atoms with Gasteiger partial charge in [0.1, 0.15) is 4.88 Å². The molecule has 0 atom stereocenters. The highest BCUT2D eigenvalue weighted by Gasteiger charge is 2.13. The summed E-state index contributed by atoms with van der Waals surface area (Å²) < 4.78 is 3.78. The Bertz CT molecular complexity index is 610. The molecular formula is C14H13N3OS. The Hall–Kier alpha value is -2.19. The molecule has 1 N–H and O–H groups in total. The summed E-state index contributed by atoms with van der Waals surface area (Å²) in [6.07, 6.45) is 0.703. The van der Waals surface area contributed by atoms with Gasteiger partial charge in [-0.15, -0.1) is 5.10 Å². The number of nitrogens with one attached hydrogen (secondary N) is 1. The van der Waals surface area contributed by atoms with Crippen molar-refractivity contribution in [2.45, 2.75) is 13.3 Å². The van der Waals surface area contributed by atoms with Gasteiger partial charge in [-0.1, -0.05) is 41.5 Å². The third-order valence-electron chi connectivity index (χ3n) is 2.44. The average Bonchev–Trinajstić information content (AvgIpc) is 2.93. The maximum Gasteiger partial charge on any atom is 0.265 e. The van der Waals surface area contributed by atoms with Crippen molar-refractivity contribution in [3.05, 3.63) is 46.5 Å². The molecule has 5 heteroatoms. The zero-order valence-corrected chi connectivity index (χ0v) is 11.3. The van der Waals surface area contributed by atoms with Gasteiger partial charge in [-0.2, -0.15) is 0 Å². The van der Waals surface area contributed by atoms with Crippen LogP contribution in [0.5, 0.6) is 0 Å². The number of aryl methyl sites for hydroxylation is 1. The third kappa shape index (κ3) is 3.63. The number of nitrogens with zero attached hydrogens (tertiary/aromatic N) is 2. The molecule has 0 aliphatic heterocycles. The Balaban J connectivity index is 1.90. The first-order valence-corrected chi connectivity index (χ1v) is 6.72. The fourth-order valence-corrected chi connectivity index (χ4v) is 2.15. The van der Waals surface area contributed by atoms with Gasteiger partial charge in [-0.25, -0.2) is 0 Å². The Kier molecular flexibility index (Phi) is 4.65. The van der Waals surface area contributed by atoms with Crippen LogP contribution < -0.4 is 5.32 Å². The van der Waals surface area contributed by atoms with Crippen LogP contribution in [0.3, 0.4) is 0 Å². The second-order valence-electron chi connectivity index (χ2n) is 3.75. The summed E-state index contributed by atoms with van der Waals surface area (Å²) in [6, 6.07) is 9.66. The number of benzene rings is 1. The molecule has 0 saturated heterocycles. The SMILES string of the molecule is CCc1nnsc1C(=O)NCC#Cc1ccccc1. The summed E-state index contributed by atoms with van der Waals surface area (Å²) in [5, 5.41) is 6.65. The maximum absolute atomic E-state index is 11.8. The van der Waals surface area contributed by atoms with Gasteiger partial charge in [-0.05, 0) is 30.1 Å². The molecule has 2 rings (SSSR count). The predicted molar refractivity (Wildman–Crippen MR) is 74.9 cm³/mol. The molecule has 0 aliphatic rings. The lowest BCUT2D eigenvalue weighted by molar-refractivity contribution is 0.0961. The second kappa shape index (κ2) is 6.66. The average molecular weight is 271 g/mol. The first-order chi connectivity index (χ1) is 9.31.